The zero-order valence-electron chi connectivity index (χ0n) is 16.1. The highest BCUT2D eigenvalue weighted by Crippen LogP contribution is 2.51. The second kappa shape index (κ2) is 7.45. The maximum Gasteiger partial charge on any atom is 0.409 e. The predicted molar refractivity (Wildman–Crippen MR) is 105 cm³/mol. The third-order valence-electron chi connectivity index (χ3n) is 6.73. The molecule has 0 atom stereocenters. The molecule has 1 aliphatic carbocycles. The van der Waals surface area contributed by atoms with E-state index in [1.165, 1.54) is 12.8 Å². The van der Waals surface area contributed by atoms with Gasteiger partial charge >= 0.3 is 6.09 Å². The van der Waals surface area contributed by atoms with Crippen molar-refractivity contribution in [3.8, 4) is 0 Å². The van der Waals surface area contributed by atoms with E-state index in [9.17, 15) is 4.79 Å². The van der Waals surface area contributed by atoms with Crippen LogP contribution >= 0.6 is 23.2 Å². The van der Waals surface area contributed by atoms with Gasteiger partial charge in [0.1, 0.15) is 11.0 Å². The van der Waals surface area contributed by atoms with Crippen LogP contribution in [0.2, 0.25) is 10.3 Å². The molecule has 0 N–H and O–H groups in total. The van der Waals surface area contributed by atoms with E-state index in [2.05, 4.69) is 9.88 Å². The van der Waals surface area contributed by atoms with Crippen LogP contribution < -0.4 is 0 Å². The van der Waals surface area contributed by atoms with E-state index >= 15 is 0 Å². The van der Waals surface area contributed by atoms with Crippen LogP contribution in [0.15, 0.2) is 0 Å². The molecule has 0 unspecified atom stereocenters. The molecule has 150 valence electrons. The number of hydrogen-bond donors (Lipinski definition) is 0. The molecule has 27 heavy (non-hydrogen) atoms. The molecule has 1 amide bonds. The first-order valence-corrected chi connectivity index (χ1v) is 10.7. The molecule has 2 saturated heterocycles. The van der Waals surface area contributed by atoms with Gasteiger partial charge in [0.25, 0.3) is 0 Å². The number of carbonyl (C=O) groups excluding carboxylic acids is 1. The Kier molecular flexibility index (Phi) is 5.34. The first kappa shape index (κ1) is 19.3. The number of imidazole rings is 1. The Bertz CT molecular complexity index is 709. The molecule has 2 aliphatic heterocycles. The van der Waals surface area contributed by atoms with Crippen molar-refractivity contribution in [2.75, 3.05) is 32.8 Å². The summed E-state index contributed by atoms with van der Waals surface area (Å²) in [4.78, 5) is 20.9. The van der Waals surface area contributed by atoms with E-state index in [-0.39, 0.29) is 6.09 Å². The van der Waals surface area contributed by atoms with Crippen molar-refractivity contribution in [1.29, 1.82) is 0 Å². The molecular weight excluding hydrogens is 387 g/mol. The lowest BCUT2D eigenvalue weighted by atomic mass is 9.64. The molecule has 1 spiro atoms. The van der Waals surface area contributed by atoms with Gasteiger partial charge in [0.05, 0.1) is 6.61 Å². The number of halogens is 2. The fourth-order valence-corrected chi connectivity index (χ4v) is 5.53. The number of aromatic nitrogens is 2. The molecule has 3 aliphatic rings. The average Bonchev–Trinajstić information content (AvgIpc) is 3.19. The highest BCUT2D eigenvalue weighted by atomic mass is 35.5. The summed E-state index contributed by atoms with van der Waals surface area (Å²) in [5, 5.41) is 0.937. The van der Waals surface area contributed by atoms with Crippen LogP contribution in [0.5, 0.6) is 0 Å². The number of ether oxygens (including phenoxy) is 1. The molecule has 4 rings (SSSR count). The number of piperidine rings is 1. The first-order valence-electron chi connectivity index (χ1n) is 9.96. The van der Waals surface area contributed by atoms with E-state index in [4.69, 9.17) is 27.9 Å². The van der Waals surface area contributed by atoms with Crippen molar-refractivity contribution < 1.29 is 9.53 Å². The summed E-state index contributed by atoms with van der Waals surface area (Å²) in [6.45, 7) is 6.20. The van der Waals surface area contributed by atoms with Gasteiger partial charge in [-0.05, 0) is 57.5 Å². The SMILES string of the molecule is CCOC(=O)N1CCC2(CC(N3CCC(c4nc(Cl)c(Cl)n4C)CC3)C2)C1. The summed E-state index contributed by atoms with van der Waals surface area (Å²) in [6, 6.07) is 0.654. The van der Waals surface area contributed by atoms with E-state index in [0.717, 1.165) is 51.3 Å². The maximum atomic E-state index is 11.9. The van der Waals surface area contributed by atoms with Crippen LogP contribution in [0.4, 0.5) is 4.79 Å². The fourth-order valence-electron chi connectivity index (χ4n) is 5.19. The van der Waals surface area contributed by atoms with Crippen molar-refractivity contribution in [3.05, 3.63) is 16.1 Å². The standard InChI is InChI=1S/C19H28Cl2N4O2/c1-3-27-18(26)25-9-6-19(12-25)10-14(11-19)24-7-4-13(5-8-24)17-22-15(20)16(21)23(17)2/h13-14H,3-12H2,1-2H3. The number of amides is 1. The molecule has 3 heterocycles. The predicted octanol–water partition coefficient (Wildman–Crippen LogP) is 3.92. The minimum absolute atomic E-state index is 0.147. The molecule has 0 aromatic carbocycles. The lowest BCUT2D eigenvalue weighted by Gasteiger charge is -2.51. The smallest absolute Gasteiger partial charge is 0.409 e. The quantitative estimate of drug-likeness (QED) is 0.751. The molecule has 3 fully saturated rings. The highest BCUT2D eigenvalue weighted by molar-refractivity contribution is 6.40. The average molecular weight is 415 g/mol. The number of likely N-dealkylation sites (tertiary alicyclic amines) is 2. The Hall–Kier alpha value is -0.980. The summed E-state index contributed by atoms with van der Waals surface area (Å²) in [6.07, 6.45) is 5.56. The van der Waals surface area contributed by atoms with E-state index < -0.39 is 0 Å². The van der Waals surface area contributed by atoms with Gasteiger partial charge in [-0.1, -0.05) is 23.2 Å². The molecule has 8 heteroatoms. The zero-order chi connectivity index (χ0) is 19.2. The Balaban J connectivity index is 1.27. The van der Waals surface area contributed by atoms with Gasteiger partial charge in [0.2, 0.25) is 0 Å². The largest absolute Gasteiger partial charge is 0.450 e. The molecule has 6 nitrogen and oxygen atoms in total. The van der Waals surface area contributed by atoms with Crippen molar-refractivity contribution in [1.82, 2.24) is 19.4 Å². The van der Waals surface area contributed by atoms with Crippen LogP contribution in [-0.2, 0) is 11.8 Å². The van der Waals surface area contributed by atoms with Gasteiger partial charge in [-0.3, -0.25) is 0 Å². The van der Waals surface area contributed by atoms with Crippen LogP contribution in [0.3, 0.4) is 0 Å². The van der Waals surface area contributed by atoms with Gasteiger partial charge in [-0.15, -0.1) is 0 Å². The maximum absolute atomic E-state index is 11.9. The van der Waals surface area contributed by atoms with E-state index in [1.54, 1.807) is 0 Å². The lowest BCUT2D eigenvalue weighted by molar-refractivity contribution is -0.00517. The summed E-state index contributed by atoms with van der Waals surface area (Å²) in [7, 11) is 1.94. The second-order valence-electron chi connectivity index (χ2n) is 8.35. The third kappa shape index (κ3) is 3.56. The topological polar surface area (TPSA) is 50.6 Å². The van der Waals surface area contributed by atoms with Gasteiger partial charge < -0.3 is 19.1 Å². The Morgan fingerprint density at radius 3 is 2.56 bits per heavy atom. The van der Waals surface area contributed by atoms with Gasteiger partial charge in [-0.2, -0.15) is 0 Å². The van der Waals surface area contributed by atoms with E-state index in [0.29, 0.717) is 34.3 Å². The van der Waals surface area contributed by atoms with E-state index in [1.807, 2.05) is 23.4 Å². The fraction of sp³-hybridized carbons (Fsp3) is 0.789. The van der Waals surface area contributed by atoms with Crippen LogP contribution in [0, 0.1) is 5.41 Å². The number of nitrogens with zero attached hydrogens (tertiary/aromatic N) is 4. The second-order valence-corrected chi connectivity index (χ2v) is 9.07. The van der Waals surface area contributed by atoms with Crippen molar-refractivity contribution in [3.63, 3.8) is 0 Å². The van der Waals surface area contributed by atoms with Gasteiger partial charge in [0.15, 0.2) is 5.15 Å². The Labute approximate surface area is 170 Å². The number of carbonyl (C=O) groups is 1. The minimum atomic E-state index is -0.147. The Morgan fingerprint density at radius 2 is 1.96 bits per heavy atom. The van der Waals surface area contributed by atoms with Crippen LogP contribution in [-0.4, -0.2) is 64.3 Å². The molecular formula is C19H28Cl2N4O2. The van der Waals surface area contributed by atoms with Gasteiger partial charge in [-0.25, -0.2) is 9.78 Å². The summed E-state index contributed by atoms with van der Waals surface area (Å²) >= 11 is 12.2. The van der Waals surface area contributed by atoms with Crippen molar-refractivity contribution >= 4 is 29.3 Å². The summed E-state index contributed by atoms with van der Waals surface area (Å²) < 4.78 is 7.08. The molecule has 1 aromatic heterocycles. The molecule has 1 saturated carbocycles. The lowest BCUT2D eigenvalue weighted by Crippen LogP contribution is -2.54. The highest BCUT2D eigenvalue weighted by Gasteiger charge is 2.51. The normalized spacial score (nSPS) is 29.3. The molecule has 1 aromatic rings. The molecule has 0 radical (unpaired) electrons. The number of rotatable bonds is 3. The van der Waals surface area contributed by atoms with Crippen LogP contribution in [0.1, 0.15) is 50.8 Å². The van der Waals surface area contributed by atoms with Crippen molar-refractivity contribution in [2.45, 2.75) is 51.0 Å². The first-order chi connectivity index (χ1) is 12.9. The number of hydrogen-bond acceptors (Lipinski definition) is 4. The van der Waals surface area contributed by atoms with Crippen molar-refractivity contribution in [2.24, 2.45) is 12.5 Å². The third-order valence-corrected chi connectivity index (χ3v) is 7.53. The summed E-state index contributed by atoms with van der Waals surface area (Å²) in [5.41, 5.74) is 0.328. The monoisotopic (exact) mass is 414 g/mol. The molecule has 0 bridgehead atoms. The van der Waals surface area contributed by atoms with Gasteiger partial charge in [0, 0.05) is 32.1 Å². The summed E-state index contributed by atoms with van der Waals surface area (Å²) in [5.74, 6) is 1.44. The zero-order valence-corrected chi connectivity index (χ0v) is 17.6. The Morgan fingerprint density at radius 1 is 1.26 bits per heavy atom. The van der Waals surface area contributed by atoms with Crippen LogP contribution in [0.25, 0.3) is 0 Å². The minimum Gasteiger partial charge on any atom is -0.450 e.